The van der Waals surface area contributed by atoms with Gasteiger partial charge < -0.3 is 9.29 Å². The summed E-state index contributed by atoms with van der Waals surface area (Å²) in [5.74, 6) is -0.488. The van der Waals surface area contributed by atoms with Crippen molar-refractivity contribution in [2.24, 2.45) is 0 Å². The molecule has 0 saturated carbocycles. The van der Waals surface area contributed by atoms with Gasteiger partial charge in [0, 0.05) is 4.47 Å². The Morgan fingerprint density at radius 2 is 2.27 bits per heavy atom. The van der Waals surface area contributed by atoms with E-state index >= 15 is 0 Å². The summed E-state index contributed by atoms with van der Waals surface area (Å²) in [5, 5.41) is 0. The smallest absolute Gasteiger partial charge is 0.337 e. The maximum atomic E-state index is 11.2. The average molecular weight is 293 g/mol. The van der Waals surface area contributed by atoms with Crippen LogP contribution < -0.4 is 0 Å². The molecule has 1 aromatic carbocycles. The molecule has 1 rings (SSSR count). The standard InChI is InChI=1S/C9H9BrO4S/c1-14-9(11)6-2-3-8(10)7(4-6)5-15(12)13/h2-4H,5H2,1H3,(H,12,13). The Morgan fingerprint density at radius 1 is 1.60 bits per heavy atom. The predicted molar refractivity (Wildman–Crippen MR) is 60.0 cm³/mol. The quantitative estimate of drug-likeness (QED) is 0.683. The maximum absolute atomic E-state index is 11.2. The first-order chi connectivity index (χ1) is 7.04. The highest BCUT2D eigenvalue weighted by molar-refractivity contribution is 9.10. The number of halogens is 1. The van der Waals surface area contributed by atoms with E-state index in [1.54, 1.807) is 12.1 Å². The van der Waals surface area contributed by atoms with Gasteiger partial charge in [-0.25, -0.2) is 9.00 Å². The molecule has 0 aliphatic carbocycles. The number of rotatable bonds is 3. The van der Waals surface area contributed by atoms with Crippen LogP contribution in [0.15, 0.2) is 22.7 Å². The van der Waals surface area contributed by atoms with Crippen LogP contribution in [0.5, 0.6) is 0 Å². The van der Waals surface area contributed by atoms with Crippen LogP contribution in [0.25, 0.3) is 0 Å². The number of benzene rings is 1. The summed E-state index contributed by atoms with van der Waals surface area (Å²) in [6.45, 7) is 0. The van der Waals surface area contributed by atoms with Gasteiger partial charge in [-0.2, -0.15) is 0 Å². The molecule has 4 nitrogen and oxygen atoms in total. The zero-order valence-corrected chi connectivity index (χ0v) is 10.3. The number of esters is 1. The molecule has 0 amide bonds. The molecule has 1 aromatic rings. The average Bonchev–Trinajstić information content (AvgIpc) is 2.19. The van der Waals surface area contributed by atoms with Crippen molar-refractivity contribution in [2.45, 2.75) is 5.75 Å². The van der Waals surface area contributed by atoms with Crippen LogP contribution in [0.3, 0.4) is 0 Å². The van der Waals surface area contributed by atoms with E-state index in [1.807, 2.05) is 0 Å². The van der Waals surface area contributed by atoms with Crippen molar-refractivity contribution >= 4 is 33.0 Å². The minimum Gasteiger partial charge on any atom is -0.465 e. The lowest BCUT2D eigenvalue weighted by molar-refractivity contribution is 0.0600. The monoisotopic (exact) mass is 292 g/mol. The lowest BCUT2D eigenvalue weighted by Gasteiger charge is -2.04. The molecule has 0 saturated heterocycles. The minimum atomic E-state index is -1.93. The second-order valence-corrected chi connectivity index (χ2v) is 4.55. The summed E-state index contributed by atoms with van der Waals surface area (Å²) < 4.78 is 24.6. The van der Waals surface area contributed by atoms with E-state index in [2.05, 4.69) is 20.7 Å². The predicted octanol–water partition coefficient (Wildman–Crippen LogP) is 1.96. The van der Waals surface area contributed by atoms with Crippen LogP contribution in [-0.4, -0.2) is 21.8 Å². The van der Waals surface area contributed by atoms with Crippen LogP contribution in [0.2, 0.25) is 0 Å². The maximum Gasteiger partial charge on any atom is 0.337 e. The number of carbonyl (C=O) groups is 1. The molecule has 1 atom stereocenters. The van der Waals surface area contributed by atoms with Crippen molar-refractivity contribution in [1.29, 1.82) is 0 Å². The Hall–Kier alpha value is -0.720. The molecule has 1 N–H and O–H groups in total. The molecule has 0 fully saturated rings. The third kappa shape index (κ3) is 3.40. The van der Waals surface area contributed by atoms with Crippen molar-refractivity contribution in [3.63, 3.8) is 0 Å². The van der Waals surface area contributed by atoms with Crippen LogP contribution in [-0.2, 0) is 21.6 Å². The highest BCUT2D eigenvalue weighted by Gasteiger charge is 2.09. The topological polar surface area (TPSA) is 63.6 Å². The Bertz CT molecular complexity index is 405. The van der Waals surface area contributed by atoms with Gasteiger partial charge in [0.2, 0.25) is 0 Å². The zero-order chi connectivity index (χ0) is 11.4. The Balaban J connectivity index is 3.05. The number of ether oxygens (including phenoxy) is 1. The lowest BCUT2D eigenvalue weighted by Crippen LogP contribution is -2.03. The number of hydrogen-bond donors (Lipinski definition) is 1. The van der Waals surface area contributed by atoms with E-state index in [0.717, 1.165) is 0 Å². The van der Waals surface area contributed by atoms with E-state index in [-0.39, 0.29) is 5.75 Å². The van der Waals surface area contributed by atoms with Crippen molar-refractivity contribution < 1.29 is 18.3 Å². The highest BCUT2D eigenvalue weighted by atomic mass is 79.9. The number of methoxy groups -OCH3 is 1. The van der Waals surface area contributed by atoms with Crippen molar-refractivity contribution in [2.75, 3.05) is 7.11 Å². The van der Waals surface area contributed by atoms with Gasteiger partial charge >= 0.3 is 5.97 Å². The van der Waals surface area contributed by atoms with Crippen LogP contribution in [0, 0.1) is 0 Å². The van der Waals surface area contributed by atoms with Crippen molar-refractivity contribution in [3.05, 3.63) is 33.8 Å². The molecule has 0 aromatic heterocycles. The first-order valence-electron chi connectivity index (χ1n) is 3.98. The largest absolute Gasteiger partial charge is 0.465 e. The van der Waals surface area contributed by atoms with E-state index in [9.17, 15) is 9.00 Å². The minimum absolute atomic E-state index is 0.0224. The van der Waals surface area contributed by atoms with E-state index < -0.39 is 17.0 Å². The third-order valence-corrected chi connectivity index (χ3v) is 3.08. The SMILES string of the molecule is COC(=O)c1ccc(Br)c(CS(=O)O)c1. The van der Waals surface area contributed by atoms with Crippen LogP contribution in [0.1, 0.15) is 15.9 Å². The first kappa shape index (κ1) is 12.4. The van der Waals surface area contributed by atoms with Gasteiger partial charge in [0.25, 0.3) is 0 Å². The fourth-order valence-electron chi connectivity index (χ4n) is 1.06. The van der Waals surface area contributed by atoms with Gasteiger partial charge in [-0.15, -0.1) is 0 Å². The lowest BCUT2D eigenvalue weighted by atomic mass is 10.1. The fourth-order valence-corrected chi connectivity index (χ4v) is 2.14. The van der Waals surface area contributed by atoms with Crippen molar-refractivity contribution in [3.8, 4) is 0 Å². The van der Waals surface area contributed by atoms with Gasteiger partial charge in [0.05, 0.1) is 18.4 Å². The third-order valence-electron chi connectivity index (χ3n) is 1.75. The van der Waals surface area contributed by atoms with E-state index in [0.29, 0.717) is 15.6 Å². The summed E-state index contributed by atoms with van der Waals surface area (Å²) in [6, 6.07) is 4.76. The van der Waals surface area contributed by atoms with Gasteiger partial charge in [-0.1, -0.05) is 15.9 Å². The molecule has 0 heterocycles. The van der Waals surface area contributed by atoms with E-state index in [1.165, 1.54) is 13.2 Å². The fraction of sp³-hybridized carbons (Fsp3) is 0.222. The zero-order valence-electron chi connectivity index (χ0n) is 7.90. The van der Waals surface area contributed by atoms with Crippen molar-refractivity contribution in [1.82, 2.24) is 0 Å². The van der Waals surface area contributed by atoms with Gasteiger partial charge in [0.15, 0.2) is 11.1 Å². The normalized spacial score (nSPS) is 12.2. The van der Waals surface area contributed by atoms with Crippen LogP contribution >= 0.6 is 15.9 Å². The summed E-state index contributed by atoms with van der Waals surface area (Å²) in [5.41, 5.74) is 0.958. The summed E-state index contributed by atoms with van der Waals surface area (Å²) in [4.78, 5) is 11.2. The molecular formula is C9H9BrO4S. The molecule has 15 heavy (non-hydrogen) atoms. The number of carbonyl (C=O) groups excluding carboxylic acids is 1. The van der Waals surface area contributed by atoms with E-state index in [4.69, 9.17) is 4.55 Å². The van der Waals surface area contributed by atoms with Gasteiger partial charge in [0.1, 0.15) is 0 Å². The Morgan fingerprint density at radius 3 is 2.80 bits per heavy atom. The molecule has 1 unspecified atom stereocenters. The molecule has 0 aliphatic heterocycles. The number of hydrogen-bond acceptors (Lipinski definition) is 3. The van der Waals surface area contributed by atoms with Crippen LogP contribution in [0.4, 0.5) is 0 Å². The Kier molecular flexibility index (Phi) is 4.44. The van der Waals surface area contributed by atoms with Gasteiger partial charge in [-0.05, 0) is 23.8 Å². The summed E-state index contributed by atoms with van der Waals surface area (Å²) in [7, 11) is 1.29. The molecule has 0 radical (unpaired) electrons. The van der Waals surface area contributed by atoms with Gasteiger partial charge in [-0.3, -0.25) is 0 Å². The highest BCUT2D eigenvalue weighted by Crippen LogP contribution is 2.20. The molecule has 0 bridgehead atoms. The Labute approximate surface area is 98.0 Å². The summed E-state index contributed by atoms with van der Waals surface area (Å²) in [6.07, 6.45) is 0. The molecular weight excluding hydrogens is 284 g/mol. The molecule has 82 valence electrons. The molecule has 0 aliphatic rings. The molecule has 0 spiro atoms. The first-order valence-corrected chi connectivity index (χ1v) is 6.05. The second-order valence-electron chi connectivity index (χ2n) is 2.76. The summed E-state index contributed by atoms with van der Waals surface area (Å²) >= 11 is 1.30. The second kappa shape index (κ2) is 5.39. The molecule has 6 heteroatoms.